The SMILES string of the molecule is CCC(=O)Nc1cncc(-c2ccc3[nH]nc(-c4cc5cccnc5[nH]4)c3c2)c1. The lowest BCUT2D eigenvalue weighted by Crippen LogP contribution is -2.09. The zero-order chi connectivity index (χ0) is 19.8. The van der Waals surface area contributed by atoms with Gasteiger partial charge in [-0.05, 0) is 42.0 Å². The van der Waals surface area contributed by atoms with Crippen LogP contribution in [0.2, 0.25) is 0 Å². The van der Waals surface area contributed by atoms with Gasteiger partial charge in [0.05, 0.1) is 23.1 Å². The predicted octanol–water partition coefficient (Wildman–Crippen LogP) is 4.52. The average molecular weight is 382 g/mol. The molecule has 5 rings (SSSR count). The van der Waals surface area contributed by atoms with Crippen LogP contribution in [0.4, 0.5) is 5.69 Å². The summed E-state index contributed by atoms with van der Waals surface area (Å²) in [5.41, 5.74) is 6.12. The zero-order valence-corrected chi connectivity index (χ0v) is 15.7. The molecule has 0 bridgehead atoms. The molecule has 0 aliphatic heterocycles. The van der Waals surface area contributed by atoms with Gasteiger partial charge in [-0.2, -0.15) is 5.10 Å². The number of hydrogen-bond donors (Lipinski definition) is 3. The van der Waals surface area contributed by atoms with E-state index in [-0.39, 0.29) is 5.91 Å². The predicted molar refractivity (Wildman–Crippen MR) is 113 cm³/mol. The molecule has 0 unspecified atom stereocenters. The quantitative estimate of drug-likeness (QED) is 0.426. The maximum absolute atomic E-state index is 11.7. The van der Waals surface area contributed by atoms with Crippen LogP contribution in [0.3, 0.4) is 0 Å². The number of aromatic amines is 2. The molecule has 0 aliphatic carbocycles. The number of amides is 1. The number of nitrogens with zero attached hydrogens (tertiary/aromatic N) is 3. The first-order valence-corrected chi connectivity index (χ1v) is 9.39. The highest BCUT2D eigenvalue weighted by Gasteiger charge is 2.13. The Balaban J connectivity index is 1.58. The summed E-state index contributed by atoms with van der Waals surface area (Å²) in [6.07, 6.45) is 5.63. The van der Waals surface area contributed by atoms with E-state index < -0.39 is 0 Å². The molecule has 0 fully saturated rings. The van der Waals surface area contributed by atoms with E-state index in [1.165, 1.54) is 0 Å². The van der Waals surface area contributed by atoms with Crippen LogP contribution in [0.5, 0.6) is 0 Å². The van der Waals surface area contributed by atoms with Gasteiger partial charge in [-0.1, -0.05) is 13.0 Å². The van der Waals surface area contributed by atoms with Crippen molar-refractivity contribution in [2.45, 2.75) is 13.3 Å². The van der Waals surface area contributed by atoms with Gasteiger partial charge >= 0.3 is 0 Å². The van der Waals surface area contributed by atoms with Crippen LogP contribution in [0.1, 0.15) is 13.3 Å². The molecular formula is C22H18N6O. The maximum atomic E-state index is 11.7. The molecular weight excluding hydrogens is 364 g/mol. The second-order valence-corrected chi connectivity index (χ2v) is 6.82. The van der Waals surface area contributed by atoms with Crippen LogP contribution >= 0.6 is 0 Å². The van der Waals surface area contributed by atoms with Crippen molar-refractivity contribution in [3.8, 4) is 22.5 Å². The minimum absolute atomic E-state index is 0.0380. The summed E-state index contributed by atoms with van der Waals surface area (Å²) in [7, 11) is 0. The summed E-state index contributed by atoms with van der Waals surface area (Å²) < 4.78 is 0. The summed E-state index contributed by atoms with van der Waals surface area (Å²) >= 11 is 0. The first kappa shape index (κ1) is 17.1. The van der Waals surface area contributed by atoms with Crippen molar-refractivity contribution < 1.29 is 4.79 Å². The molecule has 0 saturated carbocycles. The Kier molecular flexibility index (Phi) is 4.05. The molecule has 0 aliphatic rings. The van der Waals surface area contributed by atoms with Crippen LogP contribution in [0.25, 0.3) is 44.5 Å². The minimum atomic E-state index is -0.0380. The van der Waals surface area contributed by atoms with Crippen LogP contribution in [-0.4, -0.2) is 31.1 Å². The number of nitrogens with one attached hydrogen (secondary N) is 3. The monoisotopic (exact) mass is 382 g/mol. The van der Waals surface area contributed by atoms with E-state index in [0.717, 1.165) is 44.5 Å². The largest absolute Gasteiger partial charge is 0.338 e. The van der Waals surface area contributed by atoms with Gasteiger partial charge < -0.3 is 10.3 Å². The van der Waals surface area contributed by atoms with Crippen LogP contribution in [0.15, 0.2) is 61.1 Å². The Hall–Kier alpha value is -4.00. The summed E-state index contributed by atoms with van der Waals surface area (Å²) in [6.45, 7) is 1.82. The second kappa shape index (κ2) is 6.87. The third kappa shape index (κ3) is 3.12. The number of fused-ring (bicyclic) bond motifs is 2. The second-order valence-electron chi connectivity index (χ2n) is 6.82. The normalized spacial score (nSPS) is 11.2. The summed E-state index contributed by atoms with van der Waals surface area (Å²) in [5, 5.41) is 12.5. The van der Waals surface area contributed by atoms with Crippen molar-refractivity contribution >= 4 is 33.5 Å². The highest BCUT2D eigenvalue weighted by molar-refractivity contribution is 5.97. The number of aromatic nitrogens is 5. The zero-order valence-electron chi connectivity index (χ0n) is 15.7. The Morgan fingerprint density at radius 3 is 2.90 bits per heavy atom. The molecule has 7 heteroatoms. The van der Waals surface area contributed by atoms with Crippen LogP contribution < -0.4 is 5.32 Å². The van der Waals surface area contributed by atoms with Gasteiger partial charge in [0.25, 0.3) is 0 Å². The van der Waals surface area contributed by atoms with Gasteiger partial charge in [-0.3, -0.25) is 14.9 Å². The smallest absolute Gasteiger partial charge is 0.224 e. The Morgan fingerprint density at radius 1 is 1.10 bits per heavy atom. The topological polar surface area (TPSA) is 99.3 Å². The van der Waals surface area contributed by atoms with Crippen molar-refractivity contribution in [3.05, 3.63) is 61.1 Å². The average Bonchev–Trinajstić information content (AvgIpc) is 3.37. The van der Waals surface area contributed by atoms with Crippen LogP contribution in [-0.2, 0) is 4.79 Å². The number of anilines is 1. The highest BCUT2D eigenvalue weighted by Crippen LogP contribution is 2.31. The van der Waals surface area contributed by atoms with E-state index in [2.05, 4.69) is 36.5 Å². The number of pyridine rings is 2. The fourth-order valence-corrected chi connectivity index (χ4v) is 3.40. The van der Waals surface area contributed by atoms with Gasteiger partial charge in [0.2, 0.25) is 5.91 Å². The van der Waals surface area contributed by atoms with Gasteiger partial charge in [0.15, 0.2) is 0 Å². The Labute approximate surface area is 166 Å². The Morgan fingerprint density at radius 2 is 2.03 bits per heavy atom. The van der Waals surface area contributed by atoms with Crippen molar-refractivity contribution in [2.75, 3.05) is 5.32 Å². The number of rotatable bonds is 4. The number of H-pyrrole nitrogens is 2. The molecule has 3 N–H and O–H groups in total. The van der Waals surface area contributed by atoms with Crippen molar-refractivity contribution in [1.29, 1.82) is 0 Å². The van der Waals surface area contributed by atoms with Gasteiger partial charge in [-0.15, -0.1) is 0 Å². The Bertz CT molecular complexity index is 1320. The van der Waals surface area contributed by atoms with E-state index in [1.807, 2.05) is 43.3 Å². The van der Waals surface area contributed by atoms with Gasteiger partial charge in [0, 0.05) is 35.2 Å². The lowest BCUT2D eigenvalue weighted by molar-refractivity contribution is -0.115. The van der Waals surface area contributed by atoms with Crippen molar-refractivity contribution in [3.63, 3.8) is 0 Å². The number of carbonyl (C=O) groups excluding carboxylic acids is 1. The third-order valence-corrected chi connectivity index (χ3v) is 4.89. The summed E-state index contributed by atoms with van der Waals surface area (Å²) in [6, 6.07) is 14.0. The molecule has 0 saturated heterocycles. The molecule has 4 aromatic heterocycles. The van der Waals surface area contributed by atoms with Crippen LogP contribution in [0, 0.1) is 0 Å². The number of benzene rings is 1. The fourth-order valence-electron chi connectivity index (χ4n) is 3.40. The molecule has 7 nitrogen and oxygen atoms in total. The van der Waals surface area contributed by atoms with Crippen molar-refractivity contribution in [1.82, 2.24) is 25.1 Å². The lowest BCUT2D eigenvalue weighted by atomic mass is 10.0. The maximum Gasteiger partial charge on any atom is 0.224 e. The van der Waals surface area contributed by atoms with E-state index in [9.17, 15) is 4.79 Å². The molecule has 1 amide bonds. The molecule has 4 heterocycles. The van der Waals surface area contributed by atoms with Gasteiger partial charge in [0.1, 0.15) is 11.3 Å². The number of hydrogen-bond acceptors (Lipinski definition) is 4. The summed E-state index contributed by atoms with van der Waals surface area (Å²) in [4.78, 5) is 23.7. The number of carbonyl (C=O) groups is 1. The molecule has 0 radical (unpaired) electrons. The molecule has 0 spiro atoms. The fraction of sp³-hybridized carbons (Fsp3) is 0.0909. The first-order valence-electron chi connectivity index (χ1n) is 9.39. The van der Waals surface area contributed by atoms with E-state index >= 15 is 0 Å². The standard InChI is InChI=1S/C22H18N6O/c1-2-20(29)25-16-8-15(11-23-12-16)13-5-6-18-17(9-13)21(28-27-18)19-10-14-4-3-7-24-22(14)26-19/h3-12H,2H2,1H3,(H,24,26)(H,25,29)(H,27,28). The van der Waals surface area contributed by atoms with Gasteiger partial charge in [-0.25, -0.2) is 4.98 Å². The van der Waals surface area contributed by atoms with E-state index in [1.54, 1.807) is 18.6 Å². The third-order valence-electron chi connectivity index (χ3n) is 4.89. The minimum Gasteiger partial charge on any atom is -0.338 e. The molecule has 29 heavy (non-hydrogen) atoms. The molecule has 142 valence electrons. The lowest BCUT2D eigenvalue weighted by Gasteiger charge is -2.06. The molecule has 1 aromatic carbocycles. The molecule has 5 aromatic rings. The van der Waals surface area contributed by atoms with E-state index in [4.69, 9.17) is 0 Å². The highest BCUT2D eigenvalue weighted by atomic mass is 16.1. The molecule has 0 atom stereocenters. The first-order chi connectivity index (χ1) is 14.2. The van der Waals surface area contributed by atoms with Crippen molar-refractivity contribution in [2.24, 2.45) is 0 Å². The van der Waals surface area contributed by atoms with E-state index in [0.29, 0.717) is 12.1 Å². The summed E-state index contributed by atoms with van der Waals surface area (Å²) in [5.74, 6) is -0.0380.